The zero-order chi connectivity index (χ0) is 10.9. The summed E-state index contributed by atoms with van der Waals surface area (Å²) in [5.74, 6) is -0.782. The molecule has 2 nitrogen and oxygen atoms in total. The van der Waals surface area contributed by atoms with E-state index in [0.29, 0.717) is 0 Å². The summed E-state index contributed by atoms with van der Waals surface area (Å²) in [6.45, 7) is 7.38. The van der Waals surface area contributed by atoms with Crippen LogP contribution in [0.4, 0.5) is 0 Å². The summed E-state index contributed by atoms with van der Waals surface area (Å²) < 4.78 is 0. The first kappa shape index (κ1) is 10.8. The molecule has 0 aliphatic carbocycles. The van der Waals surface area contributed by atoms with Crippen LogP contribution >= 0.6 is 0 Å². The number of carboxylic acids is 1. The van der Waals surface area contributed by atoms with Gasteiger partial charge in [0.05, 0.1) is 5.41 Å². The van der Waals surface area contributed by atoms with Crippen LogP contribution in [0.15, 0.2) is 18.2 Å². The molecule has 1 aromatic carbocycles. The highest BCUT2D eigenvalue weighted by Crippen LogP contribution is 2.29. The Labute approximate surface area is 84.6 Å². The lowest BCUT2D eigenvalue weighted by Gasteiger charge is -2.24. The monoisotopic (exact) mass is 192 g/mol. The fraction of sp³-hybridized carbons (Fsp3) is 0.417. The van der Waals surface area contributed by atoms with Crippen molar-refractivity contribution in [3.05, 3.63) is 34.9 Å². The van der Waals surface area contributed by atoms with Crippen LogP contribution in [0.3, 0.4) is 0 Å². The van der Waals surface area contributed by atoms with Crippen LogP contribution in [0.1, 0.15) is 30.5 Å². The summed E-state index contributed by atoms with van der Waals surface area (Å²) in [7, 11) is 0. The molecule has 1 rings (SSSR count). The Hall–Kier alpha value is -1.31. The van der Waals surface area contributed by atoms with Gasteiger partial charge < -0.3 is 5.11 Å². The number of carbonyl (C=O) groups is 1. The van der Waals surface area contributed by atoms with Gasteiger partial charge in [-0.1, -0.05) is 18.2 Å². The van der Waals surface area contributed by atoms with E-state index < -0.39 is 11.4 Å². The van der Waals surface area contributed by atoms with Gasteiger partial charge in [-0.15, -0.1) is 0 Å². The molecule has 0 unspecified atom stereocenters. The van der Waals surface area contributed by atoms with Gasteiger partial charge in [0.15, 0.2) is 0 Å². The van der Waals surface area contributed by atoms with Gasteiger partial charge in [0.2, 0.25) is 0 Å². The van der Waals surface area contributed by atoms with Gasteiger partial charge in [-0.3, -0.25) is 4.79 Å². The lowest BCUT2D eigenvalue weighted by molar-refractivity contribution is -0.142. The van der Waals surface area contributed by atoms with E-state index in [1.165, 1.54) is 0 Å². The van der Waals surface area contributed by atoms with E-state index in [1.807, 2.05) is 32.0 Å². The van der Waals surface area contributed by atoms with Gasteiger partial charge in [-0.25, -0.2) is 0 Å². The SMILES string of the molecule is Cc1cccc(C)c1C(C)(C)C(=O)O. The average Bonchev–Trinajstić information content (AvgIpc) is 2.02. The highest BCUT2D eigenvalue weighted by Gasteiger charge is 2.31. The Kier molecular flexibility index (Phi) is 2.65. The molecule has 1 aromatic rings. The lowest BCUT2D eigenvalue weighted by Crippen LogP contribution is -2.30. The normalized spacial score (nSPS) is 11.4. The number of hydrogen-bond acceptors (Lipinski definition) is 1. The maximum absolute atomic E-state index is 11.1. The number of aryl methyl sites for hydroxylation is 2. The lowest BCUT2D eigenvalue weighted by atomic mass is 9.79. The summed E-state index contributed by atoms with van der Waals surface area (Å²) in [5.41, 5.74) is 2.19. The van der Waals surface area contributed by atoms with Crippen LogP contribution in [0.25, 0.3) is 0 Å². The van der Waals surface area contributed by atoms with Crippen LogP contribution in [0.5, 0.6) is 0 Å². The van der Waals surface area contributed by atoms with Crippen molar-refractivity contribution in [3.8, 4) is 0 Å². The summed E-state index contributed by atoms with van der Waals surface area (Å²) in [6.07, 6.45) is 0. The molecule has 0 aliphatic rings. The summed E-state index contributed by atoms with van der Waals surface area (Å²) in [5, 5.41) is 9.14. The van der Waals surface area contributed by atoms with Crippen LogP contribution in [-0.4, -0.2) is 11.1 Å². The Morgan fingerprint density at radius 2 is 1.64 bits per heavy atom. The first-order chi connectivity index (χ1) is 6.37. The highest BCUT2D eigenvalue weighted by molar-refractivity contribution is 5.81. The second-order valence-corrected chi connectivity index (χ2v) is 4.20. The molecule has 0 bridgehead atoms. The topological polar surface area (TPSA) is 37.3 Å². The van der Waals surface area contributed by atoms with Gasteiger partial charge in [0, 0.05) is 0 Å². The molecular formula is C12H16O2. The second-order valence-electron chi connectivity index (χ2n) is 4.20. The number of rotatable bonds is 2. The Morgan fingerprint density at radius 1 is 1.21 bits per heavy atom. The number of hydrogen-bond donors (Lipinski definition) is 1. The fourth-order valence-corrected chi connectivity index (χ4v) is 1.91. The quantitative estimate of drug-likeness (QED) is 0.782. The first-order valence-electron chi connectivity index (χ1n) is 4.67. The van der Waals surface area contributed by atoms with Crippen molar-refractivity contribution in [1.82, 2.24) is 0 Å². The molecule has 0 radical (unpaired) electrons. The van der Waals surface area contributed by atoms with E-state index in [0.717, 1.165) is 16.7 Å². The van der Waals surface area contributed by atoms with E-state index in [-0.39, 0.29) is 0 Å². The molecule has 76 valence electrons. The molecule has 0 saturated heterocycles. The minimum atomic E-state index is -0.810. The van der Waals surface area contributed by atoms with Crippen LogP contribution in [0.2, 0.25) is 0 Å². The van der Waals surface area contributed by atoms with E-state index in [4.69, 9.17) is 5.11 Å². The average molecular weight is 192 g/mol. The number of benzene rings is 1. The highest BCUT2D eigenvalue weighted by atomic mass is 16.4. The molecule has 14 heavy (non-hydrogen) atoms. The first-order valence-corrected chi connectivity index (χ1v) is 4.67. The maximum Gasteiger partial charge on any atom is 0.313 e. The molecule has 0 heterocycles. The van der Waals surface area contributed by atoms with Crippen molar-refractivity contribution in [2.75, 3.05) is 0 Å². The molecule has 0 aromatic heterocycles. The standard InChI is InChI=1S/C12H16O2/c1-8-6-5-7-9(2)10(8)12(3,4)11(13)14/h5-7H,1-4H3,(H,13,14). The molecule has 0 amide bonds. The van der Waals surface area contributed by atoms with Crippen molar-refractivity contribution in [2.45, 2.75) is 33.1 Å². The van der Waals surface area contributed by atoms with Crippen LogP contribution in [0, 0.1) is 13.8 Å². The molecule has 0 aliphatic heterocycles. The molecule has 1 N–H and O–H groups in total. The second kappa shape index (κ2) is 3.45. The molecule has 2 heteroatoms. The van der Waals surface area contributed by atoms with Crippen molar-refractivity contribution < 1.29 is 9.90 Å². The molecule has 0 atom stereocenters. The van der Waals surface area contributed by atoms with Crippen LogP contribution < -0.4 is 0 Å². The third-order valence-electron chi connectivity index (χ3n) is 2.64. The summed E-state index contributed by atoms with van der Waals surface area (Å²) >= 11 is 0. The minimum absolute atomic E-state index is 0.782. The smallest absolute Gasteiger partial charge is 0.313 e. The van der Waals surface area contributed by atoms with Crippen LogP contribution in [-0.2, 0) is 10.2 Å². The van der Waals surface area contributed by atoms with Crippen molar-refractivity contribution >= 4 is 5.97 Å². The molecule has 0 spiro atoms. The fourth-order valence-electron chi connectivity index (χ4n) is 1.91. The van der Waals surface area contributed by atoms with Crippen molar-refractivity contribution in [1.29, 1.82) is 0 Å². The summed E-state index contributed by atoms with van der Waals surface area (Å²) in [6, 6.07) is 5.85. The van der Waals surface area contributed by atoms with E-state index in [2.05, 4.69) is 0 Å². The predicted octanol–water partition coefficient (Wildman–Crippen LogP) is 2.67. The van der Waals surface area contributed by atoms with Gasteiger partial charge in [-0.05, 0) is 44.4 Å². The van der Waals surface area contributed by atoms with Gasteiger partial charge in [0.1, 0.15) is 0 Å². The third kappa shape index (κ3) is 1.65. The van der Waals surface area contributed by atoms with Gasteiger partial charge in [-0.2, -0.15) is 0 Å². The number of carboxylic acid groups (broad SMARTS) is 1. The Bertz CT molecular complexity index is 344. The van der Waals surface area contributed by atoms with E-state index in [1.54, 1.807) is 13.8 Å². The largest absolute Gasteiger partial charge is 0.481 e. The van der Waals surface area contributed by atoms with E-state index >= 15 is 0 Å². The van der Waals surface area contributed by atoms with Crippen molar-refractivity contribution in [3.63, 3.8) is 0 Å². The van der Waals surface area contributed by atoms with Gasteiger partial charge >= 0.3 is 5.97 Å². The van der Waals surface area contributed by atoms with Gasteiger partial charge in [0.25, 0.3) is 0 Å². The Morgan fingerprint density at radius 3 is 2.00 bits per heavy atom. The van der Waals surface area contributed by atoms with Crippen molar-refractivity contribution in [2.24, 2.45) is 0 Å². The molecular weight excluding hydrogens is 176 g/mol. The predicted molar refractivity (Wildman–Crippen MR) is 56.6 cm³/mol. The zero-order valence-corrected chi connectivity index (χ0v) is 9.09. The maximum atomic E-state index is 11.1. The number of aliphatic carboxylic acids is 1. The third-order valence-corrected chi connectivity index (χ3v) is 2.64. The Balaban J connectivity index is 3.38. The summed E-state index contributed by atoms with van der Waals surface area (Å²) in [4.78, 5) is 11.1. The molecule has 0 fully saturated rings. The minimum Gasteiger partial charge on any atom is -0.481 e. The molecule has 0 saturated carbocycles. The van der Waals surface area contributed by atoms with E-state index in [9.17, 15) is 4.79 Å². The zero-order valence-electron chi connectivity index (χ0n) is 9.09.